The second-order valence-electron chi connectivity index (χ2n) is 2.87. The third kappa shape index (κ3) is 1.53. The highest BCUT2D eigenvalue weighted by molar-refractivity contribution is 5.15. The maximum Gasteiger partial charge on any atom is 0.211 e. The highest BCUT2D eigenvalue weighted by Gasteiger charge is 2.07. The van der Waals surface area contributed by atoms with Crippen molar-refractivity contribution in [1.82, 2.24) is 9.78 Å². The number of hydrogen-bond donors (Lipinski definition) is 0. The van der Waals surface area contributed by atoms with Crippen molar-refractivity contribution in [2.45, 2.75) is 26.8 Å². The van der Waals surface area contributed by atoms with Crippen molar-refractivity contribution in [2.75, 3.05) is 7.11 Å². The van der Waals surface area contributed by atoms with Crippen LogP contribution in [0.2, 0.25) is 0 Å². The van der Waals surface area contributed by atoms with Crippen LogP contribution in [-0.2, 0) is 0 Å². The molecule has 0 aliphatic rings. The molecule has 1 aromatic rings. The van der Waals surface area contributed by atoms with Gasteiger partial charge in [0.2, 0.25) is 5.88 Å². The van der Waals surface area contributed by atoms with Crippen molar-refractivity contribution in [3.63, 3.8) is 0 Å². The molecule has 0 saturated heterocycles. The van der Waals surface area contributed by atoms with Crippen LogP contribution in [0, 0.1) is 6.92 Å². The minimum Gasteiger partial charge on any atom is -0.481 e. The molecular formula is C8H14N2O. The summed E-state index contributed by atoms with van der Waals surface area (Å²) in [4.78, 5) is 0. The third-order valence-corrected chi connectivity index (χ3v) is 1.52. The second kappa shape index (κ2) is 2.95. The zero-order valence-electron chi connectivity index (χ0n) is 7.46. The third-order valence-electron chi connectivity index (χ3n) is 1.52. The van der Waals surface area contributed by atoms with Gasteiger partial charge in [-0.2, -0.15) is 5.10 Å². The predicted octanol–water partition coefficient (Wildman–Crippen LogP) is 1.78. The monoisotopic (exact) mass is 154 g/mol. The lowest BCUT2D eigenvalue weighted by Gasteiger charge is -2.08. The molecule has 62 valence electrons. The smallest absolute Gasteiger partial charge is 0.211 e. The summed E-state index contributed by atoms with van der Waals surface area (Å²) < 4.78 is 7.00. The van der Waals surface area contributed by atoms with E-state index in [1.54, 1.807) is 7.11 Å². The lowest BCUT2D eigenvalue weighted by molar-refractivity contribution is 0.345. The van der Waals surface area contributed by atoms with Gasteiger partial charge in [0.1, 0.15) is 0 Å². The number of ether oxygens (including phenoxy) is 1. The molecule has 0 aromatic carbocycles. The Bertz CT molecular complexity index is 240. The van der Waals surface area contributed by atoms with Gasteiger partial charge in [0.15, 0.2) is 0 Å². The molecule has 0 amide bonds. The van der Waals surface area contributed by atoms with Crippen LogP contribution in [0.15, 0.2) is 6.07 Å². The van der Waals surface area contributed by atoms with Gasteiger partial charge in [-0.15, -0.1) is 0 Å². The minimum absolute atomic E-state index is 0.360. The fraction of sp³-hybridized carbons (Fsp3) is 0.625. The normalized spacial score (nSPS) is 10.6. The van der Waals surface area contributed by atoms with Gasteiger partial charge < -0.3 is 4.74 Å². The van der Waals surface area contributed by atoms with Crippen molar-refractivity contribution in [3.8, 4) is 5.88 Å². The van der Waals surface area contributed by atoms with Gasteiger partial charge >= 0.3 is 0 Å². The van der Waals surface area contributed by atoms with E-state index in [0.717, 1.165) is 11.6 Å². The summed E-state index contributed by atoms with van der Waals surface area (Å²) in [5.74, 6) is 0.831. The molecule has 1 rings (SSSR count). The van der Waals surface area contributed by atoms with E-state index < -0.39 is 0 Å². The van der Waals surface area contributed by atoms with Gasteiger partial charge in [-0.25, -0.2) is 4.68 Å². The summed E-state index contributed by atoms with van der Waals surface area (Å²) in [6.45, 7) is 6.12. The molecule has 0 unspecified atom stereocenters. The van der Waals surface area contributed by atoms with E-state index in [2.05, 4.69) is 18.9 Å². The van der Waals surface area contributed by atoms with Crippen LogP contribution in [0.1, 0.15) is 25.6 Å². The van der Waals surface area contributed by atoms with Crippen LogP contribution in [0.3, 0.4) is 0 Å². The lowest BCUT2D eigenvalue weighted by atomic mass is 10.4. The van der Waals surface area contributed by atoms with Crippen molar-refractivity contribution in [3.05, 3.63) is 11.8 Å². The van der Waals surface area contributed by atoms with E-state index >= 15 is 0 Å². The van der Waals surface area contributed by atoms with Gasteiger partial charge in [-0.05, 0) is 20.8 Å². The zero-order chi connectivity index (χ0) is 8.43. The molecule has 0 atom stereocenters. The molecule has 1 aromatic heterocycles. The molecular weight excluding hydrogens is 140 g/mol. The average molecular weight is 154 g/mol. The Kier molecular flexibility index (Phi) is 2.17. The van der Waals surface area contributed by atoms with E-state index in [-0.39, 0.29) is 0 Å². The summed E-state index contributed by atoms with van der Waals surface area (Å²) in [6.07, 6.45) is 0. The van der Waals surface area contributed by atoms with Crippen molar-refractivity contribution < 1.29 is 4.74 Å². The molecule has 0 saturated carbocycles. The molecule has 3 heteroatoms. The number of aromatic nitrogens is 2. The molecule has 0 bridgehead atoms. The summed E-state index contributed by atoms with van der Waals surface area (Å²) in [6, 6.07) is 2.29. The Hall–Kier alpha value is -0.990. The van der Waals surface area contributed by atoms with Crippen molar-refractivity contribution in [2.24, 2.45) is 0 Å². The fourth-order valence-electron chi connectivity index (χ4n) is 1.02. The summed E-state index contributed by atoms with van der Waals surface area (Å²) >= 11 is 0. The molecule has 0 radical (unpaired) electrons. The van der Waals surface area contributed by atoms with Crippen LogP contribution in [0.4, 0.5) is 0 Å². The largest absolute Gasteiger partial charge is 0.481 e. The number of rotatable bonds is 2. The molecule has 0 spiro atoms. The van der Waals surface area contributed by atoms with E-state index in [4.69, 9.17) is 4.74 Å². The first-order chi connectivity index (χ1) is 5.15. The first-order valence-corrected chi connectivity index (χ1v) is 3.75. The summed E-state index contributed by atoms with van der Waals surface area (Å²) in [7, 11) is 1.66. The maximum absolute atomic E-state index is 5.13. The number of aryl methyl sites for hydroxylation is 1. The molecule has 0 aliphatic heterocycles. The van der Waals surface area contributed by atoms with Crippen molar-refractivity contribution in [1.29, 1.82) is 0 Å². The summed E-state index contributed by atoms with van der Waals surface area (Å²) in [5, 5.41) is 4.27. The first-order valence-electron chi connectivity index (χ1n) is 3.75. The van der Waals surface area contributed by atoms with Crippen LogP contribution in [0.5, 0.6) is 5.88 Å². The summed E-state index contributed by atoms with van der Waals surface area (Å²) in [5.41, 5.74) is 0.996. The van der Waals surface area contributed by atoms with Gasteiger partial charge in [-0.3, -0.25) is 0 Å². The average Bonchev–Trinajstić information content (AvgIpc) is 2.30. The molecule has 0 aliphatic carbocycles. The van der Waals surface area contributed by atoms with Crippen LogP contribution in [0.25, 0.3) is 0 Å². The topological polar surface area (TPSA) is 27.1 Å². The Balaban J connectivity index is 3.02. The van der Waals surface area contributed by atoms with E-state index in [1.807, 2.05) is 17.7 Å². The van der Waals surface area contributed by atoms with Crippen LogP contribution < -0.4 is 4.74 Å². The standard InChI is InChI=1S/C8H14N2O/c1-6(2)10-8(11-4)5-7(3)9-10/h5-6H,1-4H3. The zero-order valence-corrected chi connectivity index (χ0v) is 7.46. The second-order valence-corrected chi connectivity index (χ2v) is 2.87. The SMILES string of the molecule is COc1cc(C)nn1C(C)C. The van der Waals surface area contributed by atoms with E-state index in [9.17, 15) is 0 Å². The predicted molar refractivity (Wildman–Crippen MR) is 43.9 cm³/mol. The Morgan fingerprint density at radius 2 is 2.18 bits per heavy atom. The van der Waals surface area contributed by atoms with Crippen molar-refractivity contribution >= 4 is 0 Å². The molecule has 0 N–H and O–H groups in total. The van der Waals surface area contributed by atoms with Gasteiger partial charge in [0, 0.05) is 6.07 Å². The first kappa shape index (κ1) is 8.11. The minimum atomic E-state index is 0.360. The quantitative estimate of drug-likeness (QED) is 0.649. The van der Waals surface area contributed by atoms with Gasteiger partial charge in [-0.1, -0.05) is 0 Å². The van der Waals surface area contributed by atoms with Crippen LogP contribution >= 0.6 is 0 Å². The molecule has 11 heavy (non-hydrogen) atoms. The van der Waals surface area contributed by atoms with E-state index in [0.29, 0.717) is 6.04 Å². The Morgan fingerprint density at radius 1 is 1.55 bits per heavy atom. The van der Waals surface area contributed by atoms with Crippen LogP contribution in [-0.4, -0.2) is 16.9 Å². The van der Waals surface area contributed by atoms with E-state index in [1.165, 1.54) is 0 Å². The molecule has 0 fully saturated rings. The molecule has 3 nitrogen and oxygen atoms in total. The number of methoxy groups -OCH3 is 1. The fourth-order valence-corrected chi connectivity index (χ4v) is 1.02. The number of nitrogens with zero attached hydrogens (tertiary/aromatic N) is 2. The highest BCUT2D eigenvalue weighted by Crippen LogP contribution is 2.17. The molecule has 1 heterocycles. The van der Waals surface area contributed by atoms with Gasteiger partial charge in [0.05, 0.1) is 18.8 Å². The highest BCUT2D eigenvalue weighted by atomic mass is 16.5. The number of hydrogen-bond acceptors (Lipinski definition) is 2. The Morgan fingerprint density at radius 3 is 2.55 bits per heavy atom. The lowest BCUT2D eigenvalue weighted by Crippen LogP contribution is -2.04. The Labute approximate surface area is 67.0 Å². The van der Waals surface area contributed by atoms with Gasteiger partial charge in [0.25, 0.3) is 0 Å². The maximum atomic E-state index is 5.13.